The highest BCUT2D eigenvalue weighted by molar-refractivity contribution is 5.95. The summed E-state index contributed by atoms with van der Waals surface area (Å²) in [6.07, 6.45) is 4.14. The molecule has 0 bridgehead atoms. The van der Waals surface area contributed by atoms with Gasteiger partial charge < -0.3 is 10.3 Å². The number of carbonyl (C=O) groups is 1. The van der Waals surface area contributed by atoms with Crippen LogP contribution in [0.1, 0.15) is 45.5 Å². The highest BCUT2D eigenvalue weighted by Gasteiger charge is 2.14. The first-order chi connectivity index (χ1) is 16.5. The lowest BCUT2D eigenvalue weighted by molar-refractivity contribution is 0.0951. The van der Waals surface area contributed by atoms with E-state index in [1.165, 1.54) is 28.5 Å². The van der Waals surface area contributed by atoms with E-state index in [0.717, 1.165) is 36.3 Å². The maximum Gasteiger partial charge on any atom is 0.275 e. The first-order valence-corrected chi connectivity index (χ1v) is 11.7. The zero-order chi connectivity index (χ0) is 23.7. The Hall–Kier alpha value is -3.71. The van der Waals surface area contributed by atoms with E-state index in [0.29, 0.717) is 23.4 Å². The number of aromatic amines is 1. The fourth-order valence-electron chi connectivity index (χ4n) is 4.47. The molecular formula is C27H29N5O2. The first-order valence-electron chi connectivity index (χ1n) is 11.7. The van der Waals surface area contributed by atoms with Gasteiger partial charge in [0.05, 0.1) is 5.56 Å². The number of aromatic nitrogens is 3. The Bertz CT molecular complexity index is 1410. The van der Waals surface area contributed by atoms with E-state index in [1.807, 2.05) is 44.2 Å². The van der Waals surface area contributed by atoms with Crippen LogP contribution in [0.3, 0.4) is 0 Å². The summed E-state index contributed by atoms with van der Waals surface area (Å²) in [5, 5.41) is 7.51. The number of hydrogen-bond acceptors (Lipinski definition) is 4. The molecule has 0 atom stereocenters. The number of carbonyl (C=O) groups excluding carboxylic acids is 1. The molecule has 5 rings (SSSR count). The number of H-pyrrole nitrogens is 1. The van der Waals surface area contributed by atoms with E-state index < -0.39 is 0 Å². The number of amides is 1. The second-order valence-corrected chi connectivity index (χ2v) is 9.15. The lowest BCUT2D eigenvalue weighted by atomic mass is 10.1. The van der Waals surface area contributed by atoms with Crippen LogP contribution < -0.4 is 10.9 Å². The zero-order valence-corrected chi connectivity index (χ0v) is 19.6. The molecule has 0 aliphatic carbocycles. The van der Waals surface area contributed by atoms with Gasteiger partial charge in [-0.05, 0) is 74.2 Å². The quantitative estimate of drug-likeness (QED) is 0.463. The molecule has 34 heavy (non-hydrogen) atoms. The van der Waals surface area contributed by atoms with E-state index in [-0.39, 0.29) is 11.5 Å². The van der Waals surface area contributed by atoms with E-state index in [1.54, 1.807) is 12.3 Å². The van der Waals surface area contributed by atoms with Crippen molar-refractivity contribution in [2.75, 3.05) is 13.1 Å². The van der Waals surface area contributed by atoms with Gasteiger partial charge in [0, 0.05) is 24.8 Å². The van der Waals surface area contributed by atoms with Crippen LogP contribution in [0, 0.1) is 13.8 Å². The van der Waals surface area contributed by atoms with Gasteiger partial charge in [0.15, 0.2) is 5.82 Å². The van der Waals surface area contributed by atoms with Gasteiger partial charge in [-0.3, -0.25) is 14.5 Å². The molecule has 2 aromatic carbocycles. The third-order valence-corrected chi connectivity index (χ3v) is 6.56. The molecule has 0 saturated carbocycles. The van der Waals surface area contributed by atoms with Crippen molar-refractivity contribution in [3.05, 3.63) is 92.9 Å². The van der Waals surface area contributed by atoms with Crippen molar-refractivity contribution < 1.29 is 4.79 Å². The van der Waals surface area contributed by atoms with Crippen LogP contribution in [0.25, 0.3) is 16.9 Å². The fourth-order valence-corrected chi connectivity index (χ4v) is 4.47. The van der Waals surface area contributed by atoms with Gasteiger partial charge in [0.1, 0.15) is 5.52 Å². The minimum Gasteiger partial charge on any atom is -0.348 e. The molecular weight excluding hydrogens is 426 g/mol. The van der Waals surface area contributed by atoms with Gasteiger partial charge in [-0.1, -0.05) is 36.4 Å². The second-order valence-electron chi connectivity index (χ2n) is 9.15. The average Bonchev–Trinajstić information content (AvgIpc) is 3.50. The largest absolute Gasteiger partial charge is 0.348 e. The number of aryl methyl sites for hydroxylation is 2. The Morgan fingerprint density at radius 3 is 2.62 bits per heavy atom. The molecule has 1 amide bonds. The summed E-state index contributed by atoms with van der Waals surface area (Å²) >= 11 is 0. The summed E-state index contributed by atoms with van der Waals surface area (Å²) in [6, 6.07) is 15.9. The monoisotopic (exact) mass is 455 g/mol. The predicted octanol–water partition coefficient (Wildman–Crippen LogP) is 3.83. The normalized spacial score (nSPS) is 14.1. The summed E-state index contributed by atoms with van der Waals surface area (Å²) in [6.45, 7) is 7.75. The minimum atomic E-state index is -0.281. The fraction of sp³-hybridized carbons (Fsp3) is 0.296. The van der Waals surface area contributed by atoms with Gasteiger partial charge in [-0.2, -0.15) is 0 Å². The number of nitrogens with zero attached hydrogens (tertiary/aromatic N) is 3. The molecule has 3 heterocycles. The van der Waals surface area contributed by atoms with E-state index in [9.17, 15) is 9.59 Å². The third-order valence-electron chi connectivity index (χ3n) is 6.56. The number of nitrogens with one attached hydrogen (secondary N) is 2. The summed E-state index contributed by atoms with van der Waals surface area (Å²) in [5.41, 5.74) is 5.91. The van der Waals surface area contributed by atoms with Gasteiger partial charge in [-0.15, -0.1) is 5.10 Å². The van der Waals surface area contributed by atoms with Crippen LogP contribution in [0.2, 0.25) is 0 Å². The maximum atomic E-state index is 12.8. The molecule has 174 valence electrons. The van der Waals surface area contributed by atoms with Crippen LogP contribution >= 0.6 is 0 Å². The van der Waals surface area contributed by atoms with E-state index in [2.05, 4.69) is 32.4 Å². The van der Waals surface area contributed by atoms with Crippen molar-refractivity contribution in [3.63, 3.8) is 0 Å². The Morgan fingerprint density at radius 1 is 1.03 bits per heavy atom. The molecule has 0 spiro atoms. The smallest absolute Gasteiger partial charge is 0.275 e. The summed E-state index contributed by atoms with van der Waals surface area (Å²) in [5.74, 6) is 0.237. The van der Waals surface area contributed by atoms with Gasteiger partial charge in [-0.25, -0.2) is 4.52 Å². The van der Waals surface area contributed by atoms with Gasteiger partial charge >= 0.3 is 0 Å². The van der Waals surface area contributed by atoms with Crippen molar-refractivity contribution >= 4 is 11.4 Å². The van der Waals surface area contributed by atoms with Crippen molar-refractivity contribution in [1.82, 2.24) is 24.8 Å². The Morgan fingerprint density at radius 2 is 1.82 bits per heavy atom. The highest BCUT2D eigenvalue weighted by atomic mass is 16.1. The maximum absolute atomic E-state index is 12.8. The third kappa shape index (κ3) is 4.65. The number of likely N-dealkylation sites (tertiary alicyclic amines) is 1. The summed E-state index contributed by atoms with van der Waals surface area (Å²) in [7, 11) is 0. The molecule has 7 heteroatoms. The van der Waals surface area contributed by atoms with Crippen LogP contribution in [0.15, 0.2) is 59.5 Å². The topological polar surface area (TPSA) is 82.5 Å². The van der Waals surface area contributed by atoms with Gasteiger partial charge in [0.25, 0.3) is 11.5 Å². The van der Waals surface area contributed by atoms with E-state index in [4.69, 9.17) is 0 Å². The van der Waals surface area contributed by atoms with Crippen LogP contribution in [-0.2, 0) is 13.1 Å². The number of benzene rings is 2. The minimum absolute atomic E-state index is 0.234. The molecule has 0 unspecified atom stereocenters. The lowest BCUT2D eigenvalue weighted by Gasteiger charge is -2.15. The Labute approximate surface area is 198 Å². The zero-order valence-electron chi connectivity index (χ0n) is 19.6. The molecule has 1 fully saturated rings. The van der Waals surface area contributed by atoms with Crippen LogP contribution in [0.5, 0.6) is 0 Å². The van der Waals surface area contributed by atoms with Crippen LogP contribution in [-0.4, -0.2) is 38.5 Å². The Balaban J connectivity index is 1.31. The number of fused-ring (bicyclic) bond motifs is 1. The van der Waals surface area contributed by atoms with Crippen molar-refractivity contribution in [3.8, 4) is 11.4 Å². The van der Waals surface area contributed by atoms with Crippen molar-refractivity contribution in [1.29, 1.82) is 0 Å². The SMILES string of the molecule is Cc1ccc(-c2nn3cc(C(=O)NCc4cccc(CN5CCCC5)c4)cc3c(=O)[nH]2)cc1C. The van der Waals surface area contributed by atoms with Crippen molar-refractivity contribution in [2.45, 2.75) is 39.8 Å². The summed E-state index contributed by atoms with van der Waals surface area (Å²) in [4.78, 5) is 30.8. The first kappa shape index (κ1) is 22.1. The molecule has 1 aliphatic rings. The molecule has 0 radical (unpaired) electrons. The highest BCUT2D eigenvalue weighted by Crippen LogP contribution is 2.18. The predicted molar refractivity (Wildman–Crippen MR) is 133 cm³/mol. The van der Waals surface area contributed by atoms with E-state index >= 15 is 0 Å². The molecule has 1 saturated heterocycles. The number of hydrogen-bond donors (Lipinski definition) is 2. The van der Waals surface area contributed by atoms with Crippen molar-refractivity contribution in [2.24, 2.45) is 0 Å². The number of rotatable bonds is 6. The second kappa shape index (κ2) is 9.27. The molecule has 2 N–H and O–H groups in total. The van der Waals surface area contributed by atoms with Gasteiger partial charge in [0.2, 0.25) is 0 Å². The molecule has 7 nitrogen and oxygen atoms in total. The lowest BCUT2D eigenvalue weighted by Crippen LogP contribution is -2.22. The molecule has 1 aliphatic heterocycles. The molecule has 4 aromatic rings. The summed E-state index contributed by atoms with van der Waals surface area (Å²) < 4.78 is 1.48. The van der Waals surface area contributed by atoms with Crippen LogP contribution in [0.4, 0.5) is 0 Å². The Kier molecular flexibility index (Phi) is 6.02. The average molecular weight is 456 g/mol. The molecule has 2 aromatic heterocycles. The standard InChI is InChI=1S/C27H29N5O2/c1-18-8-9-22(12-19(18)2)25-29-27(34)24-14-23(17-32(24)30-25)26(33)28-15-20-6-5-7-21(13-20)16-31-10-3-4-11-31/h5-9,12-14,17H,3-4,10-11,15-16H2,1-2H3,(H,28,33)(H,29,30,34).